The Morgan fingerprint density at radius 2 is 2.00 bits per heavy atom. The predicted molar refractivity (Wildman–Crippen MR) is 75.2 cm³/mol. The van der Waals surface area contributed by atoms with E-state index in [1.54, 1.807) is 11.3 Å². The molecule has 1 amide bonds. The molecule has 98 valence electrons. The second-order valence-corrected chi connectivity index (χ2v) is 7.21. The summed E-state index contributed by atoms with van der Waals surface area (Å²) < 4.78 is 0. The van der Waals surface area contributed by atoms with E-state index >= 15 is 0 Å². The fourth-order valence-electron chi connectivity index (χ4n) is 3.42. The third-order valence-electron chi connectivity index (χ3n) is 4.11. The first-order chi connectivity index (χ1) is 8.63. The second kappa shape index (κ2) is 4.69. The minimum absolute atomic E-state index is 0.271. The largest absolute Gasteiger partial charge is 0.337 e. The zero-order valence-electron chi connectivity index (χ0n) is 11.2. The normalized spacial score (nSPS) is 27.3. The summed E-state index contributed by atoms with van der Waals surface area (Å²) in [5, 5.41) is 0. The van der Waals surface area contributed by atoms with Crippen molar-refractivity contribution < 1.29 is 4.79 Å². The van der Waals surface area contributed by atoms with Crippen molar-refractivity contribution in [3.63, 3.8) is 0 Å². The van der Waals surface area contributed by atoms with E-state index in [4.69, 9.17) is 0 Å². The molecule has 2 heterocycles. The number of piperidine rings is 1. The maximum atomic E-state index is 12.5. The van der Waals surface area contributed by atoms with Crippen LogP contribution in [0, 0.1) is 11.8 Å². The molecule has 18 heavy (non-hydrogen) atoms. The molecule has 0 unspecified atom stereocenters. The maximum Gasteiger partial charge on any atom is 0.263 e. The Balaban J connectivity index is 1.77. The molecule has 3 rings (SSSR count). The lowest BCUT2D eigenvalue weighted by atomic mass is 9.92. The van der Waals surface area contributed by atoms with Gasteiger partial charge in [0.25, 0.3) is 5.91 Å². The fourth-order valence-corrected chi connectivity index (χ4v) is 4.64. The quantitative estimate of drug-likeness (QED) is 0.761. The number of likely N-dealkylation sites (tertiary alicyclic amines) is 1. The van der Waals surface area contributed by atoms with Gasteiger partial charge in [-0.1, -0.05) is 13.8 Å². The Bertz CT molecular complexity index is 434. The van der Waals surface area contributed by atoms with Crippen LogP contribution in [0.25, 0.3) is 0 Å². The van der Waals surface area contributed by atoms with Crippen molar-refractivity contribution >= 4 is 17.2 Å². The van der Waals surface area contributed by atoms with E-state index in [0.717, 1.165) is 18.0 Å². The molecule has 1 saturated heterocycles. The van der Waals surface area contributed by atoms with Crippen molar-refractivity contribution in [2.45, 2.75) is 39.5 Å². The summed E-state index contributed by atoms with van der Waals surface area (Å²) in [6.45, 7) is 6.38. The van der Waals surface area contributed by atoms with Gasteiger partial charge in [0.2, 0.25) is 0 Å². The first kappa shape index (κ1) is 12.2. The highest BCUT2D eigenvalue weighted by atomic mass is 32.1. The zero-order chi connectivity index (χ0) is 12.7. The number of amides is 1. The zero-order valence-corrected chi connectivity index (χ0v) is 12.1. The minimum Gasteiger partial charge on any atom is -0.337 e. The van der Waals surface area contributed by atoms with Crippen LogP contribution in [0.3, 0.4) is 0 Å². The van der Waals surface area contributed by atoms with E-state index in [2.05, 4.69) is 24.8 Å². The van der Waals surface area contributed by atoms with Gasteiger partial charge in [0, 0.05) is 18.0 Å². The summed E-state index contributed by atoms with van der Waals surface area (Å²) in [7, 11) is 0. The Kier molecular flexibility index (Phi) is 3.18. The minimum atomic E-state index is 0.271. The van der Waals surface area contributed by atoms with Gasteiger partial charge in [-0.25, -0.2) is 0 Å². The fraction of sp³-hybridized carbons (Fsp3) is 0.667. The topological polar surface area (TPSA) is 20.3 Å². The van der Waals surface area contributed by atoms with Gasteiger partial charge in [0.15, 0.2) is 0 Å². The van der Waals surface area contributed by atoms with Crippen molar-refractivity contribution in [3.05, 3.63) is 21.4 Å². The van der Waals surface area contributed by atoms with E-state index in [-0.39, 0.29) is 5.91 Å². The number of hydrogen-bond acceptors (Lipinski definition) is 2. The molecule has 2 atom stereocenters. The summed E-state index contributed by atoms with van der Waals surface area (Å²) >= 11 is 1.73. The van der Waals surface area contributed by atoms with E-state index in [1.807, 2.05) is 0 Å². The first-order valence-corrected chi connectivity index (χ1v) is 7.86. The third kappa shape index (κ3) is 2.20. The molecule has 0 radical (unpaired) electrons. The number of fused-ring (bicyclic) bond motifs is 1. The highest BCUT2D eigenvalue weighted by Gasteiger charge is 2.28. The smallest absolute Gasteiger partial charge is 0.263 e. The molecule has 0 bridgehead atoms. The van der Waals surface area contributed by atoms with Crippen molar-refractivity contribution in [3.8, 4) is 0 Å². The average Bonchev–Trinajstić information content (AvgIpc) is 2.86. The Morgan fingerprint density at radius 3 is 2.67 bits per heavy atom. The summed E-state index contributed by atoms with van der Waals surface area (Å²) in [4.78, 5) is 17.0. The molecule has 0 aromatic carbocycles. The van der Waals surface area contributed by atoms with Gasteiger partial charge in [0.1, 0.15) is 0 Å². The molecule has 1 aliphatic carbocycles. The lowest BCUT2D eigenvalue weighted by molar-refractivity contribution is 0.0628. The van der Waals surface area contributed by atoms with Gasteiger partial charge in [-0.05, 0) is 49.1 Å². The van der Waals surface area contributed by atoms with Gasteiger partial charge in [-0.3, -0.25) is 4.79 Å². The number of thiophene rings is 1. The number of carbonyl (C=O) groups is 1. The lowest BCUT2D eigenvalue weighted by Gasteiger charge is -2.34. The SMILES string of the molecule is C[C@@H]1C[C@H](C)CN(C(=O)c2cc3c(s2)CCC3)C1. The summed E-state index contributed by atoms with van der Waals surface area (Å²) in [5.41, 5.74) is 1.43. The van der Waals surface area contributed by atoms with Crippen molar-refractivity contribution in [1.29, 1.82) is 0 Å². The van der Waals surface area contributed by atoms with Crippen LogP contribution < -0.4 is 0 Å². The molecule has 1 aliphatic heterocycles. The summed E-state index contributed by atoms with van der Waals surface area (Å²) in [5.74, 6) is 1.56. The lowest BCUT2D eigenvalue weighted by Crippen LogP contribution is -2.42. The molecule has 0 saturated carbocycles. The van der Waals surface area contributed by atoms with Crippen molar-refractivity contribution in [2.75, 3.05) is 13.1 Å². The summed E-state index contributed by atoms with van der Waals surface area (Å²) in [6, 6.07) is 2.15. The van der Waals surface area contributed by atoms with Gasteiger partial charge < -0.3 is 4.90 Å². The van der Waals surface area contributed by atoms with Crippen LogP contribution in [0.1, 0.15) is 46.8 Å². The number of carbonyl (C=O) groups excluding carboxylic acids is 1. The van der Waals surface area contributed by atoms with Crippen LogP contribution in [0.15, 0.2) is 6.07 Å². The van der Waals surface area contributed by atoms with E-state index < -0.39 is 0 Å². The third-order valence-corrected chi connectivity index (χ3v) is 5.34. The molecule has 1 aromatic heterocycles. The molecule has 1 fully saturated rings. The van der Waals surface area contributed by atoms with E-state index in [0.29, 0.717) is 11.8 Å². The van der Waals surface area contributed by atoms with Crippen LogP contribution in [-0.4, -0.2) is 23.9 Å². The molecule has 0 N–H and O–H groups in total. The highest BCUT2D eigenvalue weighted by molar-refractivity contribution is 7.14. The highest BCUT2D eigenvalue weighted by Crippen LogP contribution is 2.32. The number of hydrogen-bond donors (Lipinski definition) is 0. The van der Waals surface area contributed by atoms with Gasteiger partial charge in [0.05, 0.1) is 4.88 Å². The maximum absolute atomic E-state index is 12.5. The van der Waals surface area contributed by atoms with Crippen LogP contribution in [-0.2, 0) is 12.8 Å². The Labute approximate surface area is 113 Å². The van der Waals surface area contributed by atoms with Gasteiger partial charge in [-0.2, -0.15) is 0 Å². The standard InChI is InChI=1S/C15H21NOS/c1-10-6-11(2)9-16(8-10)15(17)14-7-12-4-3-5-13(12)18-14/h7,10-11H,3-6,8-9H2,1-2H3/t10-,11+. The van der Waals surface area contributed by atoms with Gasteiger partial charge in [-0.15, -0.1) is 11.3 Å². The molecular formula is C15H21NOS. The predicted octanol–water partition coefficient (Wildman–Crippen LogP) is 3.35. The molecule has 3 heteroatoms. The van der Waals surface area contributed by atoms with Crippen LogP contribution >= 0.6 is 11.3 Å². The van der Waals surface area contributed by atoms with Crippen LogP contribution in [0.2, 0.25) is 0 Å². The van der Waals surface area contributed by atoms with Crippen LogP contribution in [0.5, 0.6) is 0 Å². The second-order valence-electron chi connectivity index (χ2n) is 6.07. The van der Waals surface area contributed by atoms with E-state index in [1.165, 1.54) is 36.1 Å². The monoisotopic (exact) mass is 263 g/mol. The van der Waals surface area contributed by atoms with E-state index in [9.17, 15) is 4.79 Å². The van der Waals surface area contributed by atoms with Crippen molar-refractivity contribution in [2.24, 2.45) is 11.8 Å². The Morgan fingerprint density at radius 1 is 1.28 bits per heavy atom. The number of nitrogens with zero attached hydrogens (tertiary/aromatic N) is 1. The number of rotatable bonds is 1. The van der Waals surface area contributed by atoms with Crippen LogP contribution in [0.4, 0.5) is 0 Å². The summed E-state index contributed by atoms with van der Waals surface area (Å²) in [6.07, 6.45) is 4.88. The molecule has 2 aliphatic rings. The molecular weight excluding hydrogens is 242 g/mol. The van der Waals surface area contributed by atoms with Gasteiger partial charge >= 0.3 is 0 Å². The molecule has 2 nitrogen and oxygen atoms in total. The molecule has 0 spiro atoms. The first-order valence-electron chi connectivity index (χ1n) is 7.04. The number of aryl methyl sites for hydroxylation is 2. The molecule has 1 aromatic rings. The van der Waals surface area contributed by atoms with Crippen molar-refractivity contribution in [1.82, 2.24) is 4.90 Å². The average molecular weight is 263 g/mol. The Hall–Kier alpha value is -0.830.